The molecule has 0 fully saturated rings. The van der Waals surface area contributed by atoms with Crippen molar-refractivity contribution in [3.63, 3.8) is 0 Å². The van der Waals surface area contributed by atoms with Crippen LogP contribution in [0.2, 0.25) is 0 Å². The summed E-state index contributed by atoms with van der Waals surface area (Å²) in [6.07, 6.45) is 1.69. The molecular formula is C17H24FN3. The third-order valence-electron chi connectivity index (χ3n) is 3.34. The summed E-state index contributed by atoms with van der Waals surface area (Å²) in [6.45, 7) is 10.1. The predicted octanol–water partition coefficient (Wildman–Crippen LogP) is 4.07. The first-order valence-electron chi connectivity index (χ1n) is 7.47. The van der Waals surface area contributed by atoms with Gasteiger partial charge in [-0.05, 0) is 30.0 Å². The van der Waals surface area contributed by atoms with E-state index in [2.05, 4.69) is 37.6 Å². The van der Waals surface area contributed by atoms with Gasteiger partial charge in [-0.3, -0.25) is 4.98 Å². The number of halogens is 1. The van der Waals surface area contributed by atoms with Crippen LogP contribution in [-0.4, -0.2) is 18.1 Å². The van der Waals surface area contributed by atoms with Gasteiger partial charge in [0.05, 0.1) is 11.2 Å². The maximum atomic E-state index is 14.6. The second kappa shape index (κ2) is 6.29. The molecular weight excluding hydrogens is 265 g/mol. The Balaban J connectivity index is 2.60. The zero-order valence-corrected chi connectivity index (χ0v) is 13.2. The Morgan fingerprint density at radius 2 is 1.81 bits per heavy atom. The van der Waals surface area contributed by atoms with Crippen LogP contribution in [0, 0.1) is 17.7 Å². The summed E-state index contributed by atoms with van der Waals surface area (Å²) in [5, 5.41) is 0.811. The van der Waals surface area contributed by atoms with Crippen molar-refractivity contribution in [1.82, 2.24) is 4.98 Å². The predicted molar refractivity (Wildman–Crippen MR) is 88.0 cm³/mol. The smallest absolute Gasteiger partial charge is 0.150 e. The first kappa shape index (κ1) is 15.5. The lowest BCUT2D eigenvalue weighted by Crippen LogP contribution is -2.32. The van der Waals surface area contributed by atoms with Crippen LogP contribution < -0.4 is 10.6 Å². The average Bonchev–Trinajstić information content (AvgIpc) is 2.37. The monoisotopic (exact) mass is 289 g/mol. The molecule has 3 nitrogen and oxygen atoms in total. The lowest BCUT2D eigenvalue weighted by molar-refractivity contribution is 0.539. The van der Waals surface area contributed by atoms with E-state index in [-0.39, 0.29) is 5.82 Å². The Morgan fingerprint density at radius 1 is 1.19 bits per heavy atom. The number of rotatable bonds is 5. The minimum Gasteiger partial charge on any atom is -0.398 e. The van der Waals surface area contributed by atoms with Crippen LogP contribution in [0.4, 0.5) is 15.8 Å². The van der Waals surface area contributed by atoms with Gasteiger partial charge in [0.1, 0.15) is 0 Å². The van der Waals surface area contributed by atoms with E-state index < -0.39 is 0 Å². The van der Waals surface area contributed by atoms with E-state index in [4.69, 9.17) is 5.73 Å². The molecule has 0 aliphatic carbocycles. The van der Waals surface area contributed by atoms with Gasteiger partial charge in [-0.25, -0.2) is 4.39 Å². The molecule has 0 amide bonds. The van der Waals surface area contributed by atoms with E-state index in [1.165, 1.54) is 6.07 Å². The van der Waals surface area contributed by atoms with Gasteiger partial charge < -0.3 is 10.6 Å². The number of hydrogen-bond acceptors (Lipinski definition) is 3. The van der Waals surface area contributed by atoms with E-state index in [0.717, 1.165) is 18.5 Å². The highest BCUT2D eigenvalue weighted by Crippen LogP contribution is 2.33. The van der Waals surface area contributed by atoms with Crippen molar-refractivity contribution in [1.29, 1.82) is 0 Å². The largest absolute Gasteiger partial charge is 0.398 e. The van der Waals surface area contributed by atoms with Crippen LogP contribution in [0.3, 0.4) is 0 Å². The van der Waals surface area contributed by atoms with Crippen molar-refractivity contribution >= 4 is 22.3 Å². The molecule has 0 aliphatic heterocycles. The molecule has 2 N–H and O–H groups in total. The zero-order chi connectivity index (χ0) is 15.6. The number of benzene rings is 1. The lowest BCUT2D eigenvalue weighted by Gasteiger charge is -2.29. The third kappa shape index (κ3) is 3.43. The van der Waals surface area contributed by atoms with E-state index in [1.54, 1.807) is 6.20 Å². The van der Waals surface area contributed by atoms with E-state index >= 15 is 0 Å². The molecule has 1 heterocycles. The SMILES string of the molecule is CC(C)CN(CC(C)C)c1c(F)cc(N)c2cccnc12. The molecule has 0 saturated carbocycles. The summed E-state index contributed by atoms with van der Waals surface area (Å²) < 4.78 is 14.6. The summed E-state index contributed by atoms with van der Waals surface area (Å²) in [5.74, 6) is 0.596. The van der Waals surface area contributed by atoms with Crippen molar-refractivity contribution in [3.8, 4) is 0 Å². The summed E-state index contributed by atoms with van der Waals surface area (Å²) in [4.78, 5) is 6.47. The first-order chi connectivity index (χ1) is 9.90. The molecule has 0 spiro atoms. The second-order valence-electron chi connectivity index (χ2n) is 6.39. The molecule has 2 rings (SSSR count). The molecule has 0 radical (unpaired) electrons. The van der Waals surface area contributed by atoms with E-state index in [9.17, 15) is 4.39 Å². The molecule has 2 aromatic rings. The highest BCUT2D eigenvalue weighted by atomic mass is 19.1. The molecule has 1 aromatic heterocycles. The molecule has 0 atom stereocenters. The van der Waals surface area contributed by atoms with Crippen LogP contribution >= 0.6 is 0 Å². The summed E-state index contributed by atoms with van der Waals surface area (Å²) in [6, 6.07) is 5.13. The fourth-order valence-electron chi connectivity index (χ4n) is 2.66. The van der Waals surface area contributed by atoms with Crippen LogP contribution in [0.15, 0.2) is 24.4 Å². The number of pyridine rings is 1. The molecule has 0 saturated heterocycles. The van der Waals surface area contributed by atoms with Gasteiger partial charge in [0.15, 0.2) is 5.82 Å². The van der Waals surface area contributed by atoms with Gasteiger partial charge in [-0.2, -0.15) is 0 Å². The van der Waals surface area contributed by atoms with Gasteiger partial charge in [0.2, 0.25) is 0 Å². The Bertz CT molecular complexity index is 613. The molecule has 21 heavy (non-hydrogen) atoms. The molecule has 1 aromatic carbocycles. The minimum atomic E-state index is -0.292. The maximum Gasteiger partial charge on any atom is 0.150 e. The standard InChI is InChI=1S/C17H24FN3/c1-11(2)9-21(10-12(3)4)17-14(18)8-15(19)13-6-5-7-20-16(13)17/h5-8,11-12H,9-10,19H2,1-4H3. The van der Waals surface area contributed by atoms with Crippen molar-refractivity contribution in [2.24, 2.45) is 11.8 Å². The van der Waals surface area contributed by atoms with Gasteiger partial charge >= 0.3 is 0 Å². The van der Waals surface area contributed by atoms with Crippen molar-refractivity contribution in [2.75, 3.05) is 23.7 Å². The number of nitrogens with two attached hydrogens (primary N) is 1. The Hall–Kier alpha value is -1.84. The number of aromatic nitrogens is 1. The molecule has 0 aliphatic rings. The van der Waals surface area contributed by atoms with E-state index in [1.807, 2.05) is 12.1 Å². The van der Waals surface area contributed by atoms with Gasteiger partial charge in [0, 0.05) is 30.4 Å². The summed E-state index contributed by atoms with van der Waals surface area (Å²) in [5.41, 5.74) is 7.59. The van der Waals surface area contributed by atoms with Crippen molar-refractivity contribution in [2.45, 2.75) is 27.7 Å². The Morgan fingerprint density at radius 3 is 2.38 bits per heavy atom. The number of anilines is 2. The van der Waals surface area contributed by atoms with Gasteiger partial charge in [0.25, 0.3) is 0 Å². The first-order valence-corrected chi connectivity index (χ1v) is 7.47. The van der Waals surface area contributed by atoms with Gasteiger partial charge in [-0.15, -0.1) is 0 Å². The molecule has 4 heteroatoms. The summed E-state index contributed by atoms with van der Waals surface area (Å²) >= 11 is 0. The van der Waals surface area contributed by atoms with E-state index in [0.29, 0.717) is 28.7 Å². The number of nitrogen functional groups attached to an aromatic ring is 1. The normalized spacial score (nSPS) is 11.6. The number of fused-ring (bicyclic) bond motifs is 1. The fraction of sp³-hybridized carbons (Fsp3) is 0.471. The van der Waals surface area contributed by atoms with Crippen molar-refractivity contribution in [3.05, 3.63) is 30.2 Å². The number of nitrogens with zero attached hydrogens (tertiary/aromatic N) is 2. The highest BCUT2D eigenvalue weighted by Gasteiger charge is 2.19. The Kier molecular flexibility index (Phi) is 4.66. The van der Waals surface area contributed by atoms with Crippen LogP contribution in [0.5, 0.6) is 0 Å². The van der Waals surface area contributed by atoms with Crippen molar-refractivity contribution < 1.29 is 4.39 Å². The molecule has 114 valence electrons. The van der Waals surface area contributed by atoms with Crippen LogP contribution in [0.1, 0.15) is 27.7 Å². The third-order valence-corrected chi connectivity index (χ3v) is 3.34. The summed E-state index contributed by atoms with van der Waals surface area (Å²) in [7, 11) is 0. The molecule has 0 unspecified atom stereocenters. The maximum absolute atomic E-state index is 14.6. The molecule has 0 bridgehead atoms. The fourth-order valence-corrected chi connectivity index (χ4v) is 2.66. The van der Waals surface area contributed by atoms with Crippen LogP contribution in [0.25, 0.3) is 10.9 Å². The van der Waals surface area contributed by atoms with Crippen LogP contribution in [-0.2, 0) is 0 Å². The Labute approximate surface area is 126 Å². The minimum absolute atomic E-state index is 0.292. The number of hydrogen-bond donors (Lipinski definition) is 1. The zero-order valence-electron chi connectivity index (χ0n) is 13.2. The highest BCUT2D eigenvalue weighted by molar-refractivity contribution is 5.98. The topological polar surface area (TPSA) is 42.1 Å². The lowest BCUT2D eigenvalue weighted by atomic mass is 10.1. The average molecular weight is 289 g/mol. The quantitative estimate of drug-likeness (QED) is 0.843. The van der Waals surface area contributed by atoms with Gasteiger partial charge in [-0.1, -0.05) is 27.7 Å². The second-order valence-corrected chi connectivity index (χ2v) is 6.39.